The second kappa shape index (κ2) is 5.59. The molecule has 5 nitrogen and oxygen atoms in total. The molecule has 1 aromatic carbocycles. The van der Waals surface area contributed by atoms with Crippen molar-refractivity contribution in [3.8, 4) is 11.5 Å². The summed E-state index contributed by atoms with van der Waals surface area (Å²) in [5.41, 5.74) is 0.240. The van der Waals surface area contributed by atoms with Crippen molar-refractivity contribution in [1.82, 2.24) is 4.90 Å². The van der Waals surface area contributed by atoms with Gasteiger partial charge in [-0.15, -0.1) is 0 Å². The number of ether oxygens (including phenoxy) is 1. The molecule has 1 aliphatic heterocycles. The summed E-state index contributed by atoms with van der Waals surface area (Å²) in [4.78, 5) is 14.2. The van der Waals surface area contributed by atoms with Crippen molar-refractivity contribution < 1.29 is 19.7 Å². The molecule has 1 heterocycles. The van der Waals surface area contributed by atoms with Gasteiger partial charge in [-0.05, 0) is 26.0 Å². The topological polar surface area (TPSA) is 70.0 Å². The second-order valence-corrected chi connectivity index (χ2v) is 5.08. The molecule has 0 bridgehead atoms. The number of hydrogen-bond donors (Lipinski definition) is 2. The molecule has 1 aliphatic rings. The SMILES string of the molecule is C[C@@H]1CN(CC(=O)c2ccc(O)cc2O)C[C@@H](C)O1. The Hall–Kier alpha value is -1.59. The number of hydrogen-bond acceptors (Lipinski definition) is 5. The highest BCUT2D eigenvalue weighted by molar-refractivity contribution is 6.00. The zero-order valence-electron chi connectivity index (χ0n) is 11.2. The van der Waals surface area contributed by atoms with Gasteiger partial charge in [-0.3, -0.25) is 9.69 Å². The Morgan fingerprint density at radius 1 is 1.32 bits per heavy atom. The Kier molecular flexibility index (Phi) is 4.07. The number of Topliss-reactive ketones (excluding diaryl/α,β-unsaturated/α-hetero) is 1. The lowest BCUT2D eigenvalue weighted by molar-refractivity contribution is -0.0652. The summed E-state index contributed by atoms with van der Waals surface area (Å²) in [7, 11) is 0. The molecule has 0 radical (unpaired) electrons. The number of phenols is 2. The molecule has 19 heavy (non-hydrogen) atoms. The molecule has 0 unspecified atom stereocenters. The lowest BCUT2D eigenvalue weighted by Crippen LogP contribution is -2.47. The van der Waals surface area contributed by atoms with Crippen LogP contribution >= 0.6 is 0 Å². The molecule has 0 aliphatic carbocycles. The molecule has 2 atom stereocenters. The predicted molar refractivity (Wildman–Crippen MR) is 70.6 cm³/mol. The Labute approximate surface area is 112 Å². The van der Waals surface area contributed by atoms with E-state index in [1.54, 1.807) is 0 Å². The minimum atomic E-state index is -0.181. The van der Waals surface area contributed by atoms with Crippen LogP contribution in [-0.2, 0) is 4.74 Å². The number of carbonyl (C=O) groups excluding carboxylic acids is 1. The summed E-state index contributed by atoms with van der Waals surface area (Å²) in [6.45, 7) is 5.61. The summed E-state index contributed by atoms with van der Waals surface area (Å²) >= 11 is 0. The number of phenolic OH excluding ortho intramolecular Hbond substituents is 2. The molecule has 1 aromatic rings. The second-order valence-electron chi connectivity index (χ2n) is 5.08. The van der Waals surface area contributed by atoms with Crippen LogP contribution in [-0.4, -0.2) is 52.7 Å². The van der Waals surface area contributed by atoms with Crippen LogP contribution in [0.25, 0.3) is 0 Å². The third kappa shape index (κ3) is 3.45. The Bertz CT molecular complexity index is 465. The normalized spacial score (nSPS) is 24.3. The van der Waals surface area contributed by atoms with Crippen molar-refractivity contribution in [1.29, 1.82) is 0 Å². The maximum Gasteiger partial charge on any atom is 0.180 e. The standard InChI is InChI=1S/C14H19NO4/c1-9-6-15(7-10(2)19-9)8-14(18)12-4-3-11(16)5-13(12)17/h3-5,9-10,16-17H,6-8H2,1-2H3/t9-,10-/m1/s1. The molecule has 2 rings (SSSR count). The van der Waals surface area contributed by atoms with Gasteiger partial charge in [0, 0.05) is 19.2 Å². The van der Waals surface area contributed by atoms with Crippen molar-refractivity contribution in [2.24, 2.45) is 0 Å². The van der Waals surface area contributed by atoms with E-state index < -0.39 is 0 Å². The van der Waals surface area contributed by atoms with Gasteiger partial charge in [0.1, 0.15) is 11.5 Å². The molecule has 1 saturated heterocycles. The van der Waals surface area contributed by atoms with Crippen LogP contribution in [0.1, 0.15) is 24.2 Å². The van der Waals surface area contributed by atoms with Gasteiger partial charge in [0.2, 0.25) is 0 Å². The molecule has 0 aromatic heterocycles. The van der Waals surface area contributed by atoms with Crippen LogP contribution in [0, 0.1) is 0 Å². The van der Waals surface area contributed by atoms with Crippen LogP contribution in [0.3, 0.4) is 0 Å². The molecule has 104 valence electrons. The first kappa shape index (κ1) is 13.8. The molecule has 0 saturated carbocycles. The van der Waals surface area contributed by atoms with E-state index in [1.807, 2.05) is 18.7 Å². The highest BCUT2D eigenvalue weighted by Gasteiger charge is 2.24. The van der Waals surface area contributed by atoms with Crippen LogP contribution in [0.15, 0.2) is 18.2 Å². The molecule has 0 amide bonds. The zero-order valence-corrected chi connectivity index (χ0v) is 11.2. The number of nitrogens with zero attached hydrogens (tertiary/aromatic N) is 1. The van der Waals surface area contributed by atoms with E-state index >= 15 is 0 Å². The number of benzene rings is 1. The summed E-state index contributed by atoms with van der Waals surface area (Å²) in [6, 6.07) is 4.02. The molecular weight excluding hydrogens is 246 g/mol. The van der Waals surface area contributed by atoms with E-state index in [0.717, 1.165) is 0 Å². The lowest BCUT2D eigenvalue weighted by atomic mass is 10.1. The van der Waals surface area contributed by atoms with Crippen molar-refractivity contribution in [3.63, 3.8) is 0 Å². The van der Waals surface area contributed by atoms with Crippen LogP contribution in [0.2, 0.25) is 0 Å². The number of aromatic hydroxyl groups is 2. The van der Waals surface area contributed by atoms with E-state index in [-0.39, 0.29) is 41.6 Å². The molecular formula is C14H19NO4. The Morgan fingerprint density at radius 3 is 2.53 bits per heavy atom. The number of morpholine rings is 1. The number of ketones is 1. The van der Waals surface area contributed by atoms with Gasteiger partial charge >= 0.3 is 0 Å². The van der Waals surface area contributed by atoms with Crippen LogP contribution in [0.5, 0.6) is 11.5 Å². The van der Waals surface area contributed by atoms with E-state index in [0.29, 0.717) is 13.1 Å². The molecule has 0 spiro atoms. The van der Waals surface area contributed by atoms with Crippen molar-refractivity contribution in [2.45, 2.75) is 26.1 Å². The van der Waals surface area contributed by atoms with E-state index in [4.69, 9.17) is 4.74 Å². The maximum atomic E-state index is 12.1. The lowest BCUT2D eigenvalue weighted by Gasteiger charge is -2.34. The smallest absolute Gasteiger partial charge is 0.180 e. The largest absolute Gasteiger partial charge is 0.508 e. The van der Waals surface area contributed by atoms with Gasteiger partial charge in [0.15, 0.2) is 5.78 Å². The fourth-order valence-electron chi connectivity index (χ4n) is 2.46. The summed E-state index contributed by atoms with van der Waals surface area (Å²) in [6.07, 6.45) is 0.204. The third-order valence-corrected chi connectivity index (χ3v) is 3.14. The van der Waals surface area contributed by atoms with Gasteiger partial charge in [-0.2, -0.15) is 0 Å². The maximum absolute atomic E-state index is 12.1. The van der Waals surface area contributed by atoms with Crippen LogP contribution < -0.4 is 0 Å². The monoisotopic (exact) mass is 265 g/mol. The highest BCUT2D eigenvalue weighted by Crippen LogP contribution is 2.23. The van der Waals surface area contributed by atoms with Crippen molar-refractivity contribution in [2.75, 3.05) is 19.6 Å². The predicted octanol–water partition coefficient (Wildman–Crippen LogP) is 1.39. The summed E-state index contributed by atoms with van der Waals surface area (Å²) in [5.74, 6) is -0.388. The van der Waals surface area contributed by atoms with Crippen LogP contribution in [0.4, 0.5) is 0 Å². The fourth-order valence-corrected chi connectivity index (χ4v) is 2.46. The fraction of sp³-hybridized carbons (Fsp3) is 0.500. The first-order valence-corrected chi connectivity index (χ1v) is 6.38. The van der Waals surface area contributed by atoms with Crippen molar-refractivity contribution in [3.05, 3.63) is 23.8 Å². The van der Waals surface area contributed by atoms with E-state index in [9.17, 15) is 15.0 Å². The average molecular weight is 265 g/mol. The summed E-state index contributed by atoms with van der Waals surface area (Å²) < 4.78 is 5.61. The first-order valence-electron chi connectivity index (χ1n) is 6.38. The minimum Gasteiger partial charge on any atom is -0.508 e. The summed E-state index contributed by atoms with van der Waals surface area (Å²) in [5, 5.41) is 18.9. The van der Waals surface area contributed by atoms with Gasteiger partial charge in [-0.1, -0.05) is 0 Å². The zero-order chi connectivity index (χ0) is 14.0. The molecule has 1 fully saturated rings. The number of carbonyl (C=O) groups is 1. The van der Waals surface area contributed by atoms with Gasteiger partial charge < -0.3 is 14.9 Å². The van der Waals surface area contributed by atoms with E-state index in [2.05, 4.69) is 0 Å². The molecule has 2 N–H and O–H groups in total. The first-order chi connectivity index (χ1) is 8.95. The Morgan fingerprint density at radius 2 is 1.95 bits per heavy atom. The third-order valence-electron chi connectivity index (χ3n) is 3.14. The number of rotatable bonds is 3. The average Bonchev–Trinajstić information content (AvgIpc) is 2.26. The molecule has 5 heteroatoms. The Balaban J connectivity index is 2.04. The van der Waals surface area contributed by atoms with Gasteiger partial charge in [-0.25, -0.2) is 0 Å². The van der Waals surface area contributed by atoms with Gasteiger partial charge in [0.25, 0.3) is 0 Å². The van der Waals surface area contributed by atoms with E-state index in [1.165, 1.54) is 18.2 Å². The van der Waals surface area contributed by atoms with Crippen molar-refractivity contribution >= 4 is 5.78 Å². The quantitative estimate of drug-likeness (QED) is 0.808. The van der Waals surface area contributed by atoms with Gasteiger partial charge in [0.05, 0.1) is 24.3 Å². The minimum absolute atomic E-state index is 0.0531. The highest BCUT2D eigenvalue weighted by atomic mass is 16.5.